The molecule has 0 unspecified atom stereocenters. The lowest BCUT2D eigenvalue weighted by Gasteiger charge is -2.04. The summed E-state index contributed by atoms with van der Waals surface area (Å²) in [5.41, 5.74) is 0. The average Bonchev–Trinajstić information content (AvgIpc) is 2.13. The van der Waals surface area contributed by atoms with Crippen molar-refractivity contribution < 1.29 is 9.47 Å². The monoisotopic (exact) mass is 223 g/mol. The zero-order valence-corrected chi connectivity index (χ0v) is 8.34. The Kier molecular flexibility index (Phi) is 4.14. The van der Waals surface area contributed by atoms with E-state index in [0.717, 1.165) is 0 Å². The first kappa shape index (κ1) is 10.4. The Hall–Kier alpha value is -0.650. The van der Waals surface area contributed by atoms with Crippen LogP contribution in [0, 0.1) is 0 Å². The van der Waals surface area contributed by atoms with Gasteiger partial charge in [-0.1, -0.05) is 28.3 Å². The summed E-state index contributed by atoms with van der Waals surface area (Å²) in [6, 6.07) is 0. The molecule has 72 valence electrons. The van der Waals surface area contributed by atoms with Gasteiger partial charge in [0.2, 0.25) is 0 Å². The molecule has 0 N–H and O–H groups in total. The van der Waals surface area contributed by atoms with E-state index in [2.05, 4.69) is 15.4 Å². The van der Waals surface area contributed by atoms with Crippen molar-refractivity contribution in [2.45, 2.75) is 0 Å². The number of methoxy groups -OCH3 is 1. The molecule has 0 spiro atoms. The highest BCUT2D eigenvalue weighted by molar-refractivity contribution is 6.41. The van der Waals surface area contributed by atoms with Gasteiger partial charge in [0.1, 0.15) is 11.6 Å². The Morgan fingerprint density at radius 2 is 2.00 bits per heavy atom. The fraction of sp³-hybridized carbons (Fsp3) is 0.500. The highest BCUT2D eigenvalue weighted by Gasteiger charge is 2.08. The first-order valence-electron chi connectivity index (χ1n) is 3.41. The van der Waals surface area contributed by atoms with E-state index in [4.69, 9.17) is 32.7 Å². The van der Waals surface area contributed by atoms with E-state index in [0.29, 0.717) is 13.2 Å². The van der Waals surface area contributed by atoms with Gasteiger partial charge in [-0.05, 0) is 5.21 Å². The molecule has 1 heterocycles. The van der Waals surface area contributed by atoms with Gasteiger partial charge in [0.25, 0.3) is 5.88 Å². The predicted octanol–water partition coefficient (Wildman–Crippen LogP) is 1.20. The number of halogens is 2. The third-order valence-electron chi connectivity index (χ3n) is 1.16. The van der Waals surface area contributed by atoms with Crippen molar-refractivity contribution in [1.29, 1.82) is 0 Å². The predicted molar refractivity (Wildman–Crippen MR) is 47.2 cm³/mol. The maximum absolute atomic E-state index is 5.71. The first-order valence-corrected chi connectivity index (χ1v) is 4.17. The number of hydrogen-bond acceptors (Lipinski definition) is 5. The van der Waals surface area contributed by atoms with Crippen molar-refractivity contribution in [3.05, 3.63) is 10.2 Å². The summed E-state index contributed by atoms with van der Waals surface area (Å²) in [6.45, 7) is 0.781. The van der Waals surface area contributed by atoms with Crippen LogP contribution in [-0.2, 0) is 4.74 Å². The number of aromatic nitrogens is 3. The largest absolute Gasteiger partial charge is 0.473 e. The van der Waals surface area contributed by atoms with Crippen LogP contribution in [0.5, 0.6) is 5.88 Å². The van der Waals surface area contributed by atoms with Crippen molar-refractivity contribution in [3.8, 4) is 5.88 Å². The molecule has 1 aromatic rings. The molecule has 0 aliphatic carbocycles. The molecule has 7 heteroatoms. The first-order chi connectivity index (χ1) is 6.25. The minimum Gasteiger partial charge on any atom is -0.473 e. The summed E-state index contributed by atoms with van der Waals surface area (Å²) in [7, 11) is 1.57. The second-order valence-electron chi connectivity index (χ2n) is 2.04. The van der Waals surface area contributed by atoms with E-state index in [-0.39, 0.29) is 16.1 Å². The molecule has 1 aromatic heterocycles. The van der Waals surface area contributed by atoms with Crippen LogP contribution in [0.4, 0.5) is 0 Å². The van der Waals surface area contributed by atoms with Crippen molar-refractivity contribution >= 4 is 23.2 Å². The molecular formula is C6H7Cl2N3O2. The van der Waals surface area contributed by atoms with Crippen LogP contribution in [0.15, 0.2) is 0 Å². The highest BCUT2D eigenvalue weighted by Crippen LogP contribution is 2.26. The lowest BCUT2D eigenvalue weighted by Crippen LogP contribution is -2.07. The smallest absolute Gasteiger partial charge is 0.257 e. The molecule has 0 aliphatic heterocycles. The average molecular weight is 224 g/mol. The summed E-state index contributed by atoms with van der Waals surface area (Å²) < 4.78 is 9.87. The minimum absolute atomic E-state index is 0.0732. The van der Waals surface area contributed by atoms with E-state index in [1.165, 1.54) is 0 Å². The summed E-state index contributed by atoms with van der Waals surface area (Å²) in [5.74, 6) is 0.165. The van der Waals surface area contributed by atoms with E-state index < -0.39 is 0 Å². The molecule has 0 atom stereocenters. The summed E-state index contributed by atoms with van der Waals surface area (Å²) in [6.07, 6.45) is 0. The van der Waals surface area contributed by atoms with E-state index in [9.17, 15) is 0 Å². The lowest BCUT2D eigenvalue weighted by molar-refractivity contribution is 0.143. The number of rotatable bonds is 4. The molecule has 0 bridgehead atoms. The maximum atomic E-state index is 5.71. The topological polar surface area (TPSA) is 57.1 Å². The van der Waals surface area contributed by atoms with Gasteiger partial charge in [0.15, 0.2) is 5.15 Å². The summed E-state index contributed by atoms with van der Waals surface area (Å²) in [4.78, 5) is 0. The van der Waals surface area contributed by atoms with E-state index in [1.54, 1.807) is 7.11 Å². The van der Waals surface area contributed by atoms with E-state index >= 15 is 0 Å². The SMILES string of the molecule is COCCOc1nnnc(Cl)c1Cl. The van der Waals surface area contributed by atoms with Gasteiger partial charge in [-0.2, -0.15) is 0 Å². The zero-order chi connectivity index (χ0) is 9.68. The van der Waals surface area contributed by atoms with Gasteiger partial charge >= 0.3 is 0 Å². The molecule has 0 aliphatic rings. The van der Waals surface area contributed by atoms with Gasteiger partial charge < -0.3 is 9.47 Å². The van der Waals surface area contributed by atoms with Crippen LogP contribution >= 0.6 is 23.2 Å². The molecule has 0 aromatic carbocycles. The van der Waals surface area contributed by atoms with Crippen molar-refractivity contribution in [2.75, 3.05) is 20.3 Å². The third-order valence-corrected chi connectivity index (χ3v) is 1.87. The summed E-state index contributed by atoms with van der Waals surface area (Å²) >= 11 is 11.3. The molecule has 1 rings (SSSR count). The molecule has 0 saturated carbocycles. The Labute approximate surface area is 85.0 Å². The number of nitrogens with zero attached hydrogens (tertiary/aromatic N) is 3. The fourth-order valence-electron chi connectivity index (χ4n) is 0.592. The molecule has 0 fully saturated rings. The Balaban J connectivity index is 2.61. The molecule has 0 amide bonds. The van der Waals surface area contributed by atoms with E-state index in [1.807, 2.05) is 0 Å². The third kappa shape index (κ3) is 2.95. The number of ether oxygens (including phenoxy) is 2. The van der Waals surface area contributed by atoms with Crippen LogP contribution in [0.3, 0.4) is 0 Å². The maximum Gasteiger partial charge on any atom is 0.257 e. The van der Waals surface area contributed by atoms with Crippen molar-refractivity contribution in [2.24, 2.45) is 0 Å². The van der Waals surface area contributed by atoms with Crippen molar-refractivity contribution in [1.82, 2.24) is 15.4 Å². The fourth-order valence-corrected chi connectivity index (χ4v) is 0.837. The Bertz CT molecular complexity index is 285. The van der Waals surface area contributed by atoms with Crippen LogP contribution in [0.2, 0.25) is 10.2 Å². The van der Waals surface area contributed by atoms with Crippen LogP contribution in [-0.4, -0.2) is 35.7 Å². The molecular weight excluding hydrogens is 217 g/mol. The normalized spacial score (nSPS) is 10.1. The molecule has 0 saturated heterocycles. The van der Waals surface area contributed by atoms with Crippen LogP contribution in [0.25, 0.3) is 0 Å². The van der Waals surface area contributed by atoms with Gasteiger partial charge in [0, 0.05) is 7.11 Å². The lowest BCUT2D eigenvalue weighted by atomic mass is 10.6. The van der Waals surface area contributed by atoms with Crippen LogP contribution < -0.4 is 4.74 Å². The standard InChI is InChI=1S/C6H7Cl2N3O2/c1-12-2-3-13-6-4(7)5(8)9-11-10-6/h2-3H2,1H3. The zero-order valence-electron chi connectivity index (χ0n) is 6.83. The van der Waals surface area contributed by atoms with Crippen molar-refractivity contribution in [3.63, 3.8) is 0 Å². The molecule has 5 nitrogen and oxygen atoms in total. The highest BCUT2D eigenvalue weighted by atomic mass is 35.5. The van der Waals surface area contributed by atoms with Gasteiger partial charge in [-0.3, -0.25) is 0 Å². The van der Waals surface area contributed by atoms with Gasteiger partial charge in [-0.25, -0.2) is 0 Å². The second-order valence-corrected chi connectivity index (χ2v) is 2.78. The quantitative estimate of drug-likeness (QED) is 0.719. The van der Waals surface area contributed by atoms with Crippen LogP contribution in [0.1, 0.15) is 0 Å². The molecule has 13 heavy (non-hydrogen) atoms. The van der Waals surface area contributed by atoms with Gasteiger partial charge in [-0.15, -0.1) is 5.10 Å². The summed E-state index contributed by atoms with van der Waals surface area (Å²) in [5, 5.41) is 10.6. The second kappa shape index (κ2) is 5.16. The van der Waals surface area contributed by atoms with Gasteiger partial charge in [0.05, 0.1) is 6.61 Å². The molecule has 0 radical (unpaired) electrons. The number of hydrogen-bond donors (Lipinski definition) is 0. The minimum atomic E-state index is 0.0732. The Morgan fingerprint density at radius 3 is 2.69 bits per heavy atom. The Morgan fingerprint density at radius 1 is 1.23 bits per heavy atom.